The molecule has 368 valence electrons. The fourth-order valence-electron chi connectivity index (χ4n) is 7.93. The molecule has 0 bridgehead atoms. The van der Waals surface area contributed by atoms with Crippen molar-refractivity contribution in [2.45, 2.75) is 119 Å². The maximum absolute atomic E-state index is 15.0. The van der Waals surface area contributed by atoms with Gasteiger partial charge in [0.25, 0.3) is 11.8 Å². The highest BCUT2D eigenvalue weighted by Crippen LogP contribution is 2.37. The first kappa shape index (κ1) is 55.3. The summed E-state index contributed by atoms with van der Waals surface area (Å²) in [6, 6.07) is 9.57. The second kappa shape index (κ2) is 24.7. The number of aryl methyl sites for hydroxylation is 2. The van der Waals surface area contributed by atoms with Gasteiger partial charge in [0.1, 0.15) is 29.8 Å². The number of methoxy groups -OCH3 is 2. The number of esters is 3. The molecular weight excluding hydrogens is 887 g/mol. The fourth-order valence-corrected chi connectivity index (χ4v) is 7.93. The number of aliphatic carboxylic acids is 1. The molecule has 0 spiro atoms. The number of hydrogen-bond donors (Lipinski definition) is 2. The van der Waals surface area contributed by atoms with E-state index in [-0.39, 0.29) is 58.0 Å². The van der Waals surface area contributed by atoms with Crippen molar-refractivity contribution in [1.29, 1.82) is 0 Å². The van der Waals surface area contributed by atoms with Crippen molar-refractivity contribution in [3.63, 3.8) is 0 Å². The summed E-state index contributed by atoms with van der Waals surface area (Å²) in [5.74, 6) is -6.84. The molecule has 0 fully saturated rings. The van der Waals surface area contributed by atoms with Gasteiger partial charge in [0.05, 0.1) is 14.2 Å². The molecule has 0 aliphatic heterocycles. The van der Waals surface area contributed by atoms with E-state index in [1.807, 2.05) is 33.8 Å². The lowest BCUT2D eigenvalue weighted by Crippen LogP contribution is -2.51. The topological polar surface area (TPSA) is 210 Å². The number of rotatable bonds is 18. The van der Waals surface area contributed by atoms with Crippen LogP contribution >= 0.6 is 0 Å². The minimum Gasteiger partial charge on any atom is -0.493 e. The van der Waals surface area contributed by atoms with Gasteiger partial charge in [-0.3, -0.25) is 19.2 Å². The molecule has 16 nitrogen and oxygen atoms in total. The van der Waals surface area contributed by atoms with Crippen LogP contribution in [0.2, 0.25) is 0 Å². The Morgan fingerprint density at radius 2 is 1.10 bits per heavy atom. The quantitative estimate of drug-likeness (QED) is 0.0902. The molecule has 1 unspecified atom stereocenters. The molecule has 0 aliphatic rings. The number of benzene rings is 2. The predicted octanol–water partition coefficient (Wildman–Crippen LogP) is 8.16. The molecule has 4 aromatic rings. The summed E-state index contributed by atoms with van der Waals surface area (Å²) in [7, 11) is 2.69. The largest absolute Gasteiger partial charge is 0.493 e. The molecule has 18 heteroatoms. The SMILES string of the molecule is COc1ccnc(C(=O)N(C(C)[C@H](c2ccc(C)cc2F)C(C)C)[C@@H](C)C(=O)O)c1OC(C)=O.COc1ccnc(C(=O)N[C@@H](C)C(=O)O[C@@H](C)[C@H](c2ccc(C)cc2F)C(C)C)c1OC(C)=O. The van der Waals surface area contributed by atoms with Gasteiger partial charge in [-0.15, -0.1) is 0 Å². The Hall–Kier alpha value is -6.98. The minimum atomic E-state index is -1.28. The lowest BCUT2D eigenvalue weighted by molar-refractivity contribution is -0.151. The Kier molecular flexibility index (Phi) is 20.1. The molecule has 0 saturated heterocycles. The zero-order valence-corrected chi connectivity index (χ0v) is 40.9. The van der Waals surface area contributed by atoms with Crippen LogP contribution in [0.15, 0.2) is 60.9 Å². The number of amides is 2. The van der Waals surface area contributed by atoms with E-state index in [9.17, 15) is 42.7 Å². The number of carbonyl (C=O) groups excluding carboxylic acids is 5. The number of carbonyl (C=O) groups is 6. The van der Waals surface area contributed by atoms with Crippen LogP contribution in [0, 0.1) is 37.3 Å². The lowest BCUT2D eigenvalue weighted by Gasteiger charge is -2.39. The van der Waals surface area contributed by atoms with Gasteiger partial charge in [-0.25, -0.2) is 28.3 Å². The molecule has 4 rings (SSSR count). The number of nitrogens with zero attached hydrogens (tertiary/aromatic N) is 3. The van der Waals surface area contributed by atoms with E-state index in [4.69, 9.17) is 23.7 Å². The van der Waals surface area contributed by atoms with E-state index in [1.165, 1.54) is 71.6 Å². The molecule has 2 aromatic heterocycles. The van der Waals surface area contributed by atoms with Crippen LogP contribution in [0.4, 0.5) is 8.78 Å². The third-order valence-electron chi connectivity index (χ3n) is 11.0. The van der Waals surface area contributed by atoms with Crippen LogP contribution in [0.5, 0.6) is 23.0 Å². The third-order valence-corrected chi connectivity index (χ3v) is 11.0. The highest BCUT2D eigenvalue weighted by Gasteiger charge is 2.40. The van der Waals surface area contributed by atoms with Crippen molar-refractivity contribution in [3.05, 3.63) is 106 Å². The van der Waals surface area contributed by atoms with Gasteiger partial charge in [-0.05, 0) is 87.8 Å². The second-order valence-electron chi connectivity index (χ2n) is 17.0. The van der Waals surface area contributed by atoms with E-state index in [0.29, 0.717) is 11.1 Å². The zero-order chi connectivity index (χ0) is 51.3. The number of pyridine rings is 2. The number of ether oxygens (including phenoxy) is 5. The van der Waals surface area contributed by atoms with Crippen LogP contribution in [0.3, 0.4) is 0 Å². The monoisotopic (exact) mass is 948 g/mol. The van der Waals surface area contributed by atoms with Crippen LogP contribution in [0.1, 0.15) is 124 Å². The maximum atomic E-state index is 15.0. The third kappa shape index (κ3) is 14.0. The van der Waals surface area contributed by atoms with Gasteiger partial charge < -0.3 is 39.0 Å². The van der Waals surface area contributed by atoms with E-state index in [2.05, 4.69) is 15.3 Å². The van der Waals surface area contributed by atoms with Crippen molar-refractivity contribution in [3.8, 4) is 23.0 Å². The van der Waals surface area contributed by atoms with Gasteiger partial charge >= 0.3 is 23.9 Å². The van der Waals surface area contributed by atoms with Crippen molar-refractivity contribution in [2.75, 3.05) is 14.2 Å². The number of nitrogens with one attached hydrogen (secondary N) is 1. The first-order valence-electron chi connectivity index (χ1n) is 21.9. The summed E-state index contributed by atoms with van der Waals surface area (Å²) in [5, 5.41) is 12.3. The van der Waals surface area contributed by atoms with Crippen LogP contribution in [-0.4, -0.2) is 94.1 Å². The zero-order valence-electron chi connectivity index (χ0n) is 40.9. The van der Waals surface area contributed by atoms with Gasteiger partial charge in [0.2, 0.25) is 11.5 Å². The Bertz CT molecular complexity index is 2460. The summed E-state index contributed by atoms with van der Waals surface area (Å²) in [6.45, 7) is 19.7. The molecule has 2 N–H and O–H groups in total. The van der Waals surface area contributed by atoms with E-state index >= 15 is 0 Å². The molecule has 6 atom stereocenters. The van der Waals surface area contributed by atoms with Gasteiger partial charge in [-0.2, -0.15) is 0 Å². The average Bonchev–Trinajstić information content (AvgIpc) is 3.25. The lowest BCUT2D eigenvalue weighted by atomic mass is 9.81. The summed E-state index contributed by atoms with van der Waals surface area (Å²) < 4.78 is 55.8. The van der Waals surface area contributed by atoms with Gasteiger partial charge in [0, 0.05) is 56.3 Å². The molecule has 2 aromatic carbocycles. The minimum absolute atomic E-state index is 0.0165. The Morgan fingerprint density at radius 3 is 1.51 bits per heavy atom. The first-order valence-corrected chi connectivity index (χ1v) is 21.9. The molecule has 68 heavy (non-hydrogen) atoms. The van der Waals surface area contributed by atoms with Crippen molar-refractivity contribution in [2.24, 2.45) is 11.8 Å². The summed E-state index contributed by atoms with van der Waals surface area (Å²) in [4.78, 5) is 83.6. The summed E-state index contributed by atoms with van der Waals surface area (Å²) >= 11 is 0. The summed E-state index contributed by atoms with van der Waals surface area (Å²) in [6.07, 6.45) is 1.96. The normalized spacial score (nSPS) is 13.6. The number of halogens is 2. The standard InChI is InChI=1S/2C25H31FN2O6/c1-13(2)21(18-9-8-14(3)12-19(18)26)16(5)33-25(31)15(4)28-24(30)22-23(34-17(6)29)20(32-7)10-11-27-22;1-13(2)21(18-9-8-14(3)12-19(18)26)15(4)28(16(5)25(31)32)24(30)22-23(34-17(6)29)20(33-7)10-11-27-22/h8-13,15-16,21H,1-7H3,(H,28,30);8-13,15-16,21H,1-7H3,(H,31,32)/t15-,16-,21+;15?,16-,21+/m00/s1. The van der Waals surface area contributed by atoms with Crippen LogP contribution in [-0.2, 0) is 23.9 Å². The van der Waals surface area contributed by atoms with E-state index < -0.39 is 71.7 Å². The Labute approximate surface area is 395 Å². The smallest absolute Gasteiger partial charge is 0.328 e. The van der Waals surface area contributed by atoms with Crippen LogP contribution in [0.25, 0.3) is 0 Å². The Morgan fingerprint density at radius 1 is 0.662 bits per heavy atom. The number of carboxylic acids is 1. The fraction of sp³-hybridized carbons (Fsp3) is 0.440. The Balaban J connectivity index is 0.000000360. The molecular formula is C50H62F2N4O12. The van der Waals surface area contributed by atoms with Crippen LogP contribution < -0.4 is 24.3 Å². The summed E-state index contributed by atoms with van der Waals surface area (Å²) in [5.41, 5.74) is 1.88. The number of carboxylic acid groups (broad SMARTS) is 1. The highest BCUT2D eigenvalue weighted by atomic mass is 19.1. The van der Waals surface area contributed by atoms with E-state index in [1.54, 1.807) is 45.9 Å². The average molecular weight is 949 g/mol. The second-order valence-corrected chi connectivity index (χ2v) is 17.0. The number of aromatic nitrogens is 2. The highest BCUT2D eigenvalue weighted by molar-refractivity contribution is 5.99. The maximum Gasteiger partial charge on any atom is 0.328 e. The molecule has 0 aliphatic carbocycles. The molecule has 0 saturated carbocycles. The first-order chi connectivity index (χ1) is 31.9. The molecule has 0 radical (unpaired) electrons. The predicted molar refractivity (Wildman–Crippen MR) is 247 cm³/mol. The molecule has 2 heterocycles. The number of hydrogen-bond acceptors (Lipinski definition) is 13. The van der Waals surface area contributed by atoms with Gasteiger partial charge in [0.15, 0.2) is 22.9 Å². The van der Waals surface area contributed by atoms with Gasteiger partial charge in [-0.1, -0.05) is 52.0 Å². The van der Waals surface area contributed by atoms with E-state index in [0.717, 1.165) is 23.0 Å². The molecule has 2 amide bonds. The van der Waals surface area contributed by atoms with Crippen molar-refractivity contribution >= 4 is 35.7 Å². The van der Waals surface area contributed by atoms with Crippen molar-refractivity contribution < 1.29 is 66.3 Å². The van der Waals surface area contributed by atoms with Crippen molar-refractivity contribution in [1.82, 2.24) is 20.2 Å².